The Morgan fingerprint density at radius 2 is 1.48 bits per heavy atom. The highest BCUT2D eigenvalue weighted by Crippen LogP contribution is 2.44. The van der Waals surface area contributed by atoms with E-state index in [1.165, 1.54) is 37.8 Å². The van der Waals surface area contributed by atoms with Gasteiger partial charge in [-0.25, -0.2) is 8.42 Å². The molecule has 3 nitrogen and oxygen atoms in total. The Morgan fingerprint density at radius 1 is 0.931 bits per heavy atom. The highest BCUT2D eigenvalue weighted by atomic mass is 35.7. The van der Waals surface area contributed by atoms with Crippen LogP contribution in [0.25, 0.3) is 11.1 Å². The van der Waals surface area contributed by atoms with E-state index in [9.17, 15) is 13.2 Å². The molecule has 0 N–H and O–H groups in total. The molecule has 0 heterocycles. The summed E-state index contributed by atoms with van der Waals surface area (Å²) in [5, 5.41) is 0.586. The van der Waals surface area contributed by atoms with Crippen molar-refractivity contribution in [3.05, 3.63) is 47.5 Å². The number of halogens is 1. The molecular formula is C23H27ClO3S2. The fourth-order valence-corrected chi connectivity index (χ4v) is 5.91. The van der Waals surface area contributed by atoms with E-state index < -0.39 is 9.05 Å². The largest absolute Gasteiger partial charge is 0.289 e. The van der Waals surface area contributed by atoms with E-state index in [0.717, 1.165) is 16.0 Å². The van der Waals surface area contributed by atoms with Gasteiger partial charge in [-0.1, -0.05) is 39.8 Å². The van der Waals surface area contributed by atoms with Gasteiger partial charge in [0.15, 0.2) is 5.78 Å². The van der Waals surface area contributed by atoms with Gasteiger partial charge in [-0.2, -0.15) is 0 Å². The fraction of sp³-hybridized carbons (Fsp3) is 0.435. The van der Waals surface area contributed by atoms with Crippen molar-refractivity contribution in [1.29, 1.82) is 0 Å². The van der Waals surface area contributed by atoms with Crippen LogP contribution in [0.1, 0.15) is 69.3 Å². The maximum atomic E-state index is 12.8. The van der Waals surface area contributed by atoms with Gasteiger partial charge < -0.3 is 0 Å². The molecule has 29 heavy (non-hydrogen) atoms. The SMILES string of the molecule is CC.CC1(C)CCC(Sc2ccc3c(c2)C(=O)c2cc(S(=O)(=O)Cl)ccc2-3)CC1. The Hall–Kier alpha value is -1.30. The van der Waals surface area contributed by atoms with E-state index in [0.29, 0.717) is 21.8 Å². The van der Waals surface area contributed by atoms with E-state index in [-0.39, 0.29) is 10.7 Å². The molecule has 0 spiro atoms. The van der Waals surface area contributed by atoms with Gasteiger partial charge in [0, 0.05) is 32.0 Å². The average molecular weight is 451 g/mol. The Balaban J connectivity index is 0.00000117. The molecule has 0 aromatic heterocycles. The molecule has 0 radical (unpaired) electrons. The van der Waals surface area contributed by atoms with Gasteiger partial charge in [0.05, 0.1) is 4.90 Å². The minimum Gasteiger partial charge on any atom is -0.289 e. The standard InChI is InChI=1S/C21H21ClO3S2.C2H6/c1-21(2)9-7-13(8-10-21)26-14-3-5-16-17-6-4-15(27(22,24)25)12-19(17)20(23)18(16)11-14;1-2/h3-6,11-13H,7-10H2,1-2H3;1-2H3. The normalized spacial score (nSPS) is 17.9. The summed E-state index contributed by atoms with van der Waals surface area (Å²) in [6.45, 7) is 8.66. The molecule has 2 aliphatic carbocycles. The number of ketones is 1. The Kier molecular flexibility index (Phi) is 6.52. The predicted molar refractivity (Wildman–Crippen MR) is 122 cm³/mol. The Bertz CT molecular complexity index is 1030. The van der Waals surface area contributed by atoms with Crippen LogP contribution in [-0.2, 0) is 9.05 Å². The molecule has 0 aliphatic heterocycles. The summed E-state index contributed by atoms with van der Waals surface area (Å²) in [6.07, 6.45) is 4.85. The second-order valence-electron chi connectivity index (χ2n) is 8.16. The number of hydrogen-bond donors (Lipinski definition) is 0. The van der Waals surface area contributed by atoms with Gasteiger partial charge in [0.25, 0.3) is 9.05 Å². The maximum absolute atomic E-state index is 12.8. The number of fused-ring (bicyclic) bond motifs is 3. The molecule has 156 valence electrons. The van der Waals surface area contributed by atoms with Gasteiger partial charge >= 0.3 is 0 Å². The summed E-state index contributed by atoms with van der Waals surface area (Å²) >= 11 is 1.85. The van der Waals surface area contributed by atoms with Crippen LogP contribution >= 0.6 is 22.4 Å². The molecule has 0 atom stereocenters. The first kappa shape index (κ1) is 22.4. The second-order valence-corrected chi connectivity index (χ2v) is 12.1. The molecule has 1 fully saturated rings. The van der Waals surface area contributed by atoms with Crippen molar-refractivity contribution < 1.29 is 13.2 Å². The lowest BCUT2D eigenvalue weighted by molar-refractivity contribution is 0.104. The minimum absolute atomic E-state index is 0.0384. The lowest BCUT2D eigenvalue weighted by atomic mass is 9.77. The average Bonchev–Trinajstić information content (AvgIpc) is 2.96. The third-order valence-electron chi connectivity index (χ3n) is 5.63. The zero-order valence-corrected chi connectivity index (χ0v) is 19.7. The van der Waals surface area contributed by atoms with Gasteiger partial charge in [-0.15, -0.1) is 11.8 Å². The summed E-state index contributed by atoms with van der Waals surface area (Å²) < 4.78 is 23.2. The van der Waals surface area contributed by atoms with Crippen LogP contribution in [0, 0.1) is 5.41 Å². The Morgan fingerprint density at radius 3 is 2.07 bits per heavy atom. The van der Waals surface area contributed by atoms with Crippen molar-refractivity contribution >= 4 is 37.3 Å². The fourth-order valence-electron chi connectivity index (χ4n) is 3.95. The molecule has 2 aliphatic rings. The van der Waals surface area contributed by atoms with Crippen LogP contribution in [0.15, 0.2) is 46.2 Å². The van der Waals surface area contributed by atoms with Gasteiger partial charge in [0.1, 0.15) is 0 Å². The van der Waals surface area contributed by atoms with Crippen molar-refractivity contribution in [2.75, 3.05) is 0 Å². The number of carbonyl (C=O) groups excluding carboxylic acids is 1. The first-order valence-corrected chi connectivity index (χ1v) is 13.3. The summed E-state index contributed by atoms with van der Waals surface area (Å²) in [6, 6.07) is 10.5. The summed E-state index contributed by atoms with van der Waals surface area (Å²) in [7, 11) is 1.57. The molecule has 0 amide bonds. The molecule has 2 aromatic carbocycles. The zero-order valence-electron chi connectivity index (χ0n) is 17.3. The quantitative estimate of drug-likeness (QED) is 0.406. The molecule has 2 aromatic rings. The van der Waals surface area contributed by atoms with E-state index in [1.807, 2.05) is 37.7 Å². The van der Waals surface area contributed by atoms with Crippen molar-refractivity contribution in [3.8, 4) is 11.1 Å². The lowest BCUT2D eigenvalue weighted by Crippen LogP contribution is -2.22. The smallest absolute Gasteiger partial charge is 0.261 e. The molecule has 6 heteroatoms. The van der Waals surface area contributed by atoms with Crippen molar-refractivity contribution in [2.45, 2.75) is 68.4 Å². The summed E-state index contributed by atoms with van der Waals surface area (Å²) in [4.78, 5) is 13.9. The number of benzene rings is 2. The summed E-state index contributed by atoms with van der Waals surface area (Å²) in [5.41, 5.74) is 3.13. The molecule has 0 unspecified atom stereocenters. The van der Waals surface area contributed by atoms with Gasteiger partial charge in [-0.3, -0.25) is 4.79 Å². The highest BCUT2D eigenvalue weighted by molar-refractivity contribution is 8.13. The monoisotopic (exact) mass is 450 g/mol. The minimum atomic E-state index is -3.86. The third-order valence-corrected chi connectivity index (χ3v) is 8.31. The number of hydrogen-bond acceptors (Lipinski definition) is 4. The van der Waals surface area contributed by atoms with Crippen LogP contribution in [0.4, 0.5) is 0 Å². The predicted octanol–water partition coefficient (Wildman–Crippen LogP) is 6.91. The van der Waals surface area contributed by atoms with Crippen molar-refractivity contribution in [3.63, 3.8) is 0 Å². The van der Waals surface area contributed by atoms with Gasteiger partial charge in [0.2, 0.25) is 0 Å². The van der Waals surface area contributed by atoms with Gasteiger partial charge in [-0.05, 0) is 66.5 Å². The van der Waals surface area contributed by atoms with Crippen LogP contribution < -0.4 is 0 Å². The first-order chi connectivity index (χ1) is 13.6. The number of rotatable bonds is 3. The van der Waals surface area contributed by atoms with E-state index >= 15 is 0 Å². The van der Waals surface area contributed by atoms with Crippen LogP contribution in [0.2, 0.25) is 0 Å². The van der Waals surface area contributed by atoms with Crippen LogP contribution in [0.3, 0.4) is 0 Å². The zero-order chi connectivity index (χ0) is 21.4. The third kappa shape index (κ3) is 4.73. The highest BCUT2D eigenvalue weighted by Gasteiger charge is 2.30. The first-order valence-electron chi connectivity index (χ1n) is 10.1. The second kappa shape index (κ2) is 8.44. The molecular weight excluding hydrogens is 424 g/mol. The number of carbonyl (C=O) groups is 1. The molecule has 0 bridgehead atoms. The molecule has 4 rings (SSSR count). The van der Waals surface area contributed by atoms with E-state index in [2.05, 4.69) is 19.9 Å². The molecule has 0 saturated heterocycles. The van der Waals surface area contributed by atoms with Crippen LogP contribution in [-0.4, -0.2) is 19.5 Å². The topological polar surface area (TPSA) is 51.2 Å². The van der Waals surface area contributed by atoms with Crippen LogP contribution in [0.5, 0.6) is 0 Å². The van der Waals surface area contributed by atoms with E-state index in [1.54, 1.807) is 6.07 Å². The Labute approximate surface area is 182 Å². The van der Waals surface area contributed by atoms with Crippen molar-refractivity contribution in [2.24, 2.45) is 5.41 Å². The number of thioether (sulfide) groups is 1. The summed E-state index contributed by atoms with van der Waals surface area (Å²) in [5.74, 6) is -0.130. The maximum Gasteiger partial charge on any atom is 0.261 e. The van der Waals surface area contributed by atoms with Crippen molar-refractivity contribution in [1.82, 2.24) is 0 Å². The molecule has 1 saturated carbocycles. The lowest BCUT2D eigenvalue weighted by Gasteiger charge is -2.34. The van der Waals surface area contributed by atoms with E-state index in [4.69, 9.17) is 10.7 Å².